The van der Waals surface area contributed by atoms with E-state index in [0.717, 1.165) is 33.5 Å². The third-order valence-electron chi connectivity index (χ3n) is 13.5. The van der Waals surface area contributed by atoms with Crippen molar-refractivity contribution >= 4 is 72.6 Å². The molecule has 5 N–H and O–H groups in total. The van der Waals surface area contributed by atoms with Crippen molar-refractivity contribution in [1.29, 1.82) is 0 Å². The minimum Gasteiger partial charge on any atom is -0.756 e. The first-order valence-corrected chi connectivity index (χ1v) is 32.2. The molecule has 0 radical (unpaired) electrons. The molecule has 1 fully saturated rings. The Morgan fingerprint density at radius 1 is 0.847 bits per heavy atom. The van der Waals surface area contributed by atoms with Crippen LogP contribution >= 0.6 is 23.5 Å². The van der Waals surface area contributed by atoms with Gasteiger partial charge in [-0.05, 0) is 81.5 Å². The van der Waals surface area contributed by atoms with Gasteiger partial charge in [0, 0.05) is 73.1 Å². The van der Waals surface area contributed by atoms with Crippen LogP contribution in [-0.4, -0.2) is 113 Å². The second-order valence-electron chi connectivity index (χ2n) is 20.0. The Hall–Kier alpha value is -2.89. The van der Waals surface area contributed by atoms with E-state index in [-0.39, 0.29) is 128 Å². The monoisotopic (exact) mass is 1260 g/mol. The summed E-state index contributed by atoms with van der Waals surface area (Å²) in [7, 11) is -25.6. The third-order valence-corrected chi connectivity index (χ3v) is 18.9. The normalized spacial score (nSPS) is 20.2. The van der Waals surface area contributed by atoms with E-state index in [0.29, 0.717) is 62.7 Å². The summed E-state index contributed by atoms with van der Waals surface area (Å²) in [6, 6.07) is 8.61. The van der Waals surface area contributed by atoms with Crippen LogP contribution < -0.4 is 117 Å². The van der Waals surface area contributed by atoms with Crippen molar-refractivity contribution in [3.63, 3.8) is 0 Å². The number of hydrogen-bond acceptors (Lipinski definition) is 22. The molecule has 0 saturated carbocycles. The van der Waals surface area contributed by atoms with E-state index in [1.54, 1.807) is 12.1 Å². The van der Waals surface area contributed by atoms with Gasteiger partial charge < -0.3 is 58.6 Å². The van der Waals surface area contributed by atoms with Gasteiger partial charge in [0.15, 0.2) is 5.71 Å². The molecule has 3 unspecified atom stereocenters. The number of nitrogens with zero attached hydrogens (tertiary/aromatic N) is 3. The van der Waals surface area contributed by atoms with Crippen molar-refractivity contribution < 1.29 is 172 Å². The summed E-state index contributed by atoms with van der Waals surface area (Å²) < 4.78 is 125. The molecular formula is C48H59Li4N6O22P3S2. The van der Waals surface area contributed by atoms with Gasteiger partial charge in [-0.15, -0.1) is 0 Å². The second kappa shape index (κ2) is 31.7. The summed E-state index contributed by atoms with van der Waals surface area (Å²) in [5, 5.41) is 15.8. The van der Waals surface area contributed by atoms with Crippen molar-refractivity contribution in [3.8, 4) is 11.8 Å². The standard InChI is InChI=1S/C48H63N6O22P3S2.4Li/c1-47(2)34-26-32(80(67,68)69)19-21-36(34)52(5)40(47)15-12-16-41-48(3,4)35-27-33(81(70,71)72)20-22-37(35)53(41)25-11-7-9-18-42(56)49-23-10-6-8-17-43(57)50-24-13-14-31-29-54(46(59)51-45(31)58)44-28-38(55)39(74-44)30-73-78(63,64)76-79(65,66)75-77(60,61)62;;;;/h12,15-16,19-22,26-27,29,38-39,44,55H,6-11,17-18,23-25,28,30H2,1-5H3,(H8-,49,50,51,56,57,58,59,60,61,62,63,64,65,66,67,68,69,70,71,72);;;;/q;4*+1/p-4/t38-,39+,44+;;;;/m0..../s1. The van der Waals surface area contributed by atoms with Crippen LogP contribution in [0.15, 0.2) is 85.9 Å². The average molecular weight is 1260 g/mol. The van der Waals surface area contributed by atoms with Crippen LogP contribution in [0.1, 0.15) is 108 Å². The van der Waals surface area contributed by atoms with E-state index in [4.69, 9.17) is 9.63 Å². The largest absolute Gasteiger partial charge is 1.00 e. The molecule has 6 atom stereocenters. The number of carbonyl (C=O) groups excluding carboxylic acids is 2. The number of amides is 2. The fourth-order valence-electron chi connectivity index (χ4n) is 9.53. The van der Waals surface area contributed by atoms with Gasteiger partial charge in [-0.2, -0.15) is 4.58 Å². The first kappa shape index (κ1) is 78.2. The number of H-pyrrole nitrogens is 1. The van der Waals surface area contributed by atoms with Gasteiger partial charge in [0.05, 0.1) is 34.5 Å². The van der Waals surface area contributed by atoms with Crippen LogP contribution in [0.3, 0.4) is 0 Å². The number of aliphatic hydroxyl groups is 1. The first-order chi connectivity index (χ1) is 37.5. The van der Waals surface area contributed by atoms with Crippen molar-refractivity contribution in [3.05, 3.63) is 104 Å². The predicted molar refractivity (Wildman–Crippen MR) is 279 cm³/mol. The Balaban J connectivity index is 0.00000616. The number of benzene rings is 2. The van der Waals surface area contributed by atoms with Crippen LogP contribution in [0, 0.1) is 11.8 Å². The number of fused-ring (bicyclic) bond motifs is 2. The Morgan fingerprint density at radius 3 is 2.05 bits per heavy atom. The quantitative estimate of drug-likeness (QED) is 0.0131. The molecule has 85 heavy (non-hydrogen) atoms. The van der Waals surface area contributed by atoms with Crippen molar-refractivity contribution in [1.82, 2.24) is 20.2 Å². The number of nitrogens with one attached hydrogen (secondary N) is 3. The van der Waals surface area contributed by atoms with Crippen molar-refractivity contribution in [2.75, 3.05) is 38.2 Å². The van der Waals surface area contributed by atoms with Gasteiger partial charge in [-0.1, -0.05) is 44.6 Å². The minimum atomic E-state index is -6.18. The van der Waals surface area contributed by atoms with Crippen LogP contribution in [-0.2, 0) is 72.2 Å². The maximum Gasteiger partial charge on any atom is 1.00 e. The van der Waals surface area contributed by atoms with Crippen molar-refractivity contribution in [2.45, 2.75) is 125 Å². The van der Waals surface area contributed by atoms with Gasteiger partial charge >= 0.3 is 81.1 Å². The third kappa shape index (κ3) is 21.1. The Kier molecular flexibility index (Phi) is 29.2. The van der Waals surface area contributed by atoms with E-state index >= 15 is 0 Å². The zero-order chi connectivity index (χ0) is 60.1. The number of phosphoric ester groups is 1. The molecule has 3 aromatic rings. The number of carbonyl (C=O) groups is 2. The molecule has 3 aliphatic heterocycles. The number of phosphoric acid groups is 3. The maximum absolute atomic E-state index is 12.7. The molecule has 28 nitrogen and oxygen atoms in total. The van der Waals surface area contributed by atoms with Crippen LogP contribution in [0.25, 0.3) is 0 Å². The summed E-state index contributed by atoms with van der Waals surface area (Å²) >= 11 is 0. The first-order valence-electron chi connectivity index (χ1n) is 24.9. The minimum absolute atomic E-state index is 0. The number of anilines is 1. The number of aliphatic hydroxyl groups excluding tert-OH is 1. The molecule has 0 bridgehead atoms. The molecule has 4 heterocycles. The molecule has 2 amide bonds. The fourth-order valence-corrected chi connectivity index (χ4v) is 13.4. The molecule has 444 valence electrons. The molecular weight excluding hydrogens is 1200 g/mol. The summed E-state index contributed by atoms with van der Waals surface area (Å²) in [6.07, 6.45) is 5.89. The Morgan fingerprint density at radius 2 is 1.44 bits per heavy atom. The molecule has 2 aromatic carbocycles. The molecule has 0 aliphatic carbocycles. The topological polar surface area (TPSA) is 431 Å². The number of hydrogen-bond donors (Lipinski definition) is 5. The van der Waals surface area contributed by atoms with Gasteiger partial charge in [-0.25, -0.2) is 30.3 Å². The van der Waals surface area contributed by atoms with E-state index in [1.165, 1.54) is 24.3 Å². The molecule has 1 saturated heterocycles. The SMILES string of the molecule is C[N+]1=C(C=CC=C2N(CCCCCC(=O)NCCCCCC(=O)NCC#Cc3cn([C@H]4C[C@H](O)[C@@H](COP(=O)([O-])OP(=O)([O-])OP(=O)([O-])O)O4)c(=O)[nH]c3=O)c3ccc(S(=O)(=O)[O-])cc3C2(C)C)C(C)(C)c2cc(S(=O)(=O)[O-])ccc21.[Li+].[Li+].[Li+].[Li+]. The zero-order valence-electron chi connectivity index (χ0n) is 48.3. The van der Waals surface area contributed by atoms with Crippen LogP contribution in [0.4, 0.5) is 11.4 Å². The summed E-state index contributed by atoms with van der Waals surface area (Å²) in [5.41, 5.74) is 0.874. The Labute approximate surface area is 539 Å². The summed E-state index contributed by atoms with van der Waals surface area (Å²) in [6.45, 7) is 7.30. The number of ether oxygens (including phenoxy) is 1. The van der Waals surface area contributed by atoms with Gasteiger partial charge in [-0.3, -0.25) is 37.6 Å². The van der Waals surface area contributed by atoms with Crippen LogP contribution in [0.5, 0.6) is 0 Å². The predicted octanol–water partition coefficient (Wildman–Crippen LogP) is -10.9. The summed E-state index contributed by atoms with van der Waals surface area (Å²) in [4.78, 5) is 96.1. The average Bonchev–Trinajstić information content (AvgIpc) is 3.88. The van der Waals surface area contributed by atoms with E-state index in [2.05, 4.69) is 40.5 Å². The summed E-state index contributed by atoms with van der Waals surface area (Å²) in [5.74, 6) is 4.59. The van der Waals surface area contributed by atoms with E-state index in [9.17, 15) is 78.6 Å². The zero-order valence-corrected chi connectivity index (χ0v) is 52.6. The van der Waals surface area contributed by atoms with Crippen LogP contribution in [0.2, 0.25) is 0 Å². The smallest absolute Gasteiger partial charge is 0.756 e. The van der Waals surface area contributed by atoms with E-state index in [1.807, 2.05) is 62.5 Å². The number of aromatic nitrogens is 2. The molecule has 3 aliphatic rings. The molecule has 37 heteroatoms. The number of allylic oxidation sites excluding steroid dienone is 4. The second-order valence-corrected chi connectivity index (χ2v) is 27.1. The number of aromatic amines is 1. The molecule has 0 spiro atoms. The number of rotatable bonds is 25. The molecule has 1 aromatic heterocycles. The Bertz CT molecular complexity index is 3620. The molecule has 6 rings (SSSR count). The van der Waals surface area contributed by atoms with Gasteiger partial charge in [0.1, 0.15) is 45.2 Å². The maximum atomic E-state index is 12.7. The number of unbranched alkanes of at least 4 members (excludes halogenated alkanes) is 4. The van der Waals surface area contributed by atoms with Gasteiger partial charge in [0.25, 0.3) is 29.0 Å². The van der Waals surface area contributed by atoms with Gasteiger partial charge in [0.2, 0.25) is 17.5 Å². The van der Waals surface area contributed by atoms with Crippen molar-refractivity contribution in [2.24, 2.45) is 0 Å². The van der Waals surface area contributed by atoms with E-state index < -0.39 is 90.8 Å². The fraction of sp³-hybridized carbons (Fsp3) is 0.479.